The number of urea groups is 1. The molecule has 0 N–H and O–H groups in total. The van der Waals surface area contributed by atoms with Gasteiger partial charge in [0.05, 0.1) is 30.0 Å². The summed E-state index contributed by atoms with van der Waals surface area (Å²) in [5, 5.41) is 0.842. The number of benzene rings is 2. The maximum absolute atomic E-state index is 13.5. The first-order valence-electron chi connectivity index (χ1n) is 11.0. The molecule has 0 unspecified atom stereocenters. The molecule has 0 atom stereocenters. The van der Waals surface area contributed by atoms with Crippen LogP contribution >= 0.6 is 0 Å². The van der Waals surface area contributed by atoms with Crippen molar-refractivity contribution in [2.45, 2.75) is 20.0 Å². The molecule has 1 saturated heterocycles. The largest absolute Gasteiger partial charge is 0.378 e. The SMILES string of the molecule is Cc1c2c(c(N(C)C(=O)N3CCOCC3)c3cccnc13)CN(Cc1ccc(F)cc1)C2=O. The highest BCUT2D eigenvalue weighted by atomic mass is 19.1. The minimum Gasteiger partial charge on any atom is -0.378 e. The van der Waals surface area contributed by atoms with Crippen LogP contribution in [0.4, 0.5) is 14.9 Å². The number of carbonyl (C=O) groups excluding carboxylic acids is 2. The summed E-state index contributed by atoms with van der Waals surface area (Å²) in [6.07, 6.45) is 1.70. The van der Waals surface area contributed by atoms with Crippen LogP contribution in [0.15, 0.2) is 42.6 Å². The van der Waals surface area contributed by atoms with E-state index in [4.69, 9.17) is 4.74 Å². The van der Waals surface area contributed by atoms with E-state index in [1.165, 1.54) is 12.1 Å². The minimum absolute atomic E-state index is 0.104. The summed E-state index contributed by atoms with van der Waals surface area (Å²) < 4.78 is 18.7. The third-order valence-electron chi connectivity index (χ3n) is 6.42. The molecule has 1 fully saturated rings. The molecule has 0 bridgehead atoms. The number of halogens is 1. The van der Waals surface area contributed by atoms with Crippen molar-refractivity contribution in [3.8, 4) is 0 Å². The van der Waals surface area contributed by atoms with E-state index >= 15 is 0 Å². The third-order valence-corrected chi connectivity index (χ3v) is 6.42. The molecule has 8 heteroatoms. The first-order chi connectivity index (χ1) is 16.0. The van der Waals surface area contributed by atoms with Crippen LogP contribution in [0, 0.1) is 12.7 Å². The summed E-state index contributed by atoms with van der Waals surface area (Å²) in [4.78, 5) is 36.5. The van der Waals surface area contributed by atoms with E-state index < -0.39 is 0 Å². The van der Waals surface area contributed by atoms with E-state index in [1.807, 2.05) is 19.1 Å². The molecular formula is C25H25FN4O3. The third kappa shape index (κ3) is 3.70. The van der Waals surface area contributed by atoms with Gasteiger partial charge in [0, 0.05) is 50.4 Å². The van der Waals surface area contributed by atoms with Crippen LogP contribution in [0.1, 0.15) is 27.0 Å². The highest BCUT2D eigenvalue weighted by molar-refractivity contribution is 6.12. The second kappa shape index (κ2) is 8.44. The Morgan fingerprint density at radius 2 is 1.91 bits per heavy atom. The Morgan fingerprint density at radius 3 is 2.64 bits per heavy atom. The number of nitrogens with zero attached hydrogens (tertiary/aromatic N) is 4. The van der Waals surface area contributed by atoms with Gasteiger partial charge in [-0.2, -0.15) is 0 Å². The van der Waals surface area contributed by atoms with Crippen LogP contribution in [0.25, 0.3) is 10.9 Å². The van der Waals surface area contributed by atoms with Crippen molar-refractivity contribution in [1.82, 2.24) is 14.8 Å². The van der Waals surface area contributed by atoms with Gasteiger partial charge in [-0.05, 0) is 42.3 Å². The molecule has 0 radical (unpaired) electrons. The Balaban J connectivity index is 1.58. The molecule has 3 aromatic rings. The minimum atomic E-state index is -0.312. The number of hydrogen-bond donors (Lipinski definition) is 0. The monoisotopic (exact) mass is 448 g/mol. The zero-order chi connectivity index (χ0) is 23.1. The Bertz CT molecular complexity index is 1240. The highest BCUT2D eigenvalue weighted by Gasteiger charge is 2.36. The van der Waals surface area contributed by atoms with E-state index in [0.29, 0.717) is 56.2 Å². The van der Waals surface area contributed by atoms with Crippen LogP contribution in [-0.4, -0.2) is 60.1 Å². The lowest BCUT2D eigenvalue weighted by Gasteiger charge is -2.32. The fourth-order valence-electron chi connectivity index (χ4n) is 4.77. The fraction of sp³-hybridized carbons (Fsp3) is 0.320. The molecule has 1 aromatic heterocycles. The molecule has 0 saturated carbocycles. The Hall–Kier alpha value is -3.52. The molecule has 5 rings (SSSR count). The second-order valence-corrected chi connectivity index (χ2v) is 8.46. The number of fused-ring (bicyclic) bond motifs is 2. The number of carbonyl (C=O) groups is 2. The molecule has 3 amide bonds. The van der Waals surface area contributed by atoms with E-state index in [-0.39, 0.29) is 17.8 Å². The molecule has 7 nitrogen and oxygen atoms in total. The van der Waals surface area contributed by atoms with Gasteiger partial charge >= 0.3 is 6.03 Å². The van der Waals surface area contributed by atoms with Crippen molar-refractivity contribution in [1.29, 1.82) is 0 Å². The van der Waals surface area contributed by atoms with Crippen LogP contribution in [0.3, 0.4) is 0 Å². The van der Waals surface area contributed by atoms with E-state index in [0.717, 1.165) is 22.1 Å². The van der Waals surface area contributed by atoms with Crippen molar-refractivity contribution < 1.29 is 18.7 Å². The lowest BCUT2D eigenvalue weighted by atomic mass is 9.96. The van der Waals surface area contributed by atoms with E-state index in [1.54, 1.807) is 40.1 Å². The van der Waals surface area contributed by atoms with Crippen molar-refractivity contribution in [2.24, 2.45) is 0 Å². The zero-order valence-electron chi connectivity index (χ0n) is 18.7. The summed E-state index contributed by atoms with van der Waals surface area (Å²) in [5.41, 5.74) is 4.50. The maximum atomic E-state index is 13.5. The van der Waals surface area contributed by atoms with Crippen LogP contribution in [0.5, 0.6) is 0 Å². The van der Waals surface area contributed by atoms with Crippen molar-refractivity contribution >= 4 is 28.5 Å². The van der Waals surface area contributed by atoms with Gasteiger partial charge in [0.15, 0.2) is 0 Å². The number of morpholine rings is 1. The molecule has 0 aliphatic carbocycles. The van der Waals surface area contributed by atoms with Crippen molar-refractivity contribution in [3.63, 3.8) is 0 Å². The Morgan fingerprint density at radius 1 is 1.18 bits per heavy atom. The normalized spacial score (nSPS) is 15.8. The smallest absolute Gasteiger partial charge is 0.324 e. The van der Waals surface area contributed by atoms with Crippen LogP contribution < -0.4 is 4.90 Å². The Labute approximate surface area is 191 Å². The standard InChI is InChI=1S/C25H25FN4O3/c1-16-21-20(15-30(24(21)31)14-17-5-7-18(26)8-6-17)23(19-4-3-9-27-22(16)19)28(2)25(32)29-10-12-33-13-11-29/h3-9H,10-15H2,1-2H3. The predicted octanol–water partition coefficient (Wildman–Crippen LogP) is 3.73. The lowest BCUT2D eigenvalue weighted by Crippen LogP contribution is -2.47. The van der Waals surface area contributed by atoms with E-state index in [9.17, 15) is 14.0 Å². The summed E-state index contributed by atoms with van der Waals surface area (Å²) >= 11 is 0. The second-order valence-electron chi connectivity index (χ2n) is 8.46. The molecule has 3 heterocycles. The molecule has 2 aliphatic heterocycles. The number of amides is 3. The zero-order valence-corrected chi connectivity index (χ0v) is 18.7. The van der Waals surface area contributed by atoms with Crippen LogP contribution in [0.2, 0.25) is 0 Å². The van der Waals surface area contributed by atoms with Gasteiger partial charge in [-0.1, -0.05) is 12.1 Å². The highest BCUT2D eigenvalue weighted by Crippen LogP contribution is 2.40. The molecule has 0 spiro atoms. The van der Waals surface area contributed by atoms with Crippen LogP contribution in [-0.2, 0) is 17.8 Å². The molecule has 2 aromatic carbocycles. The number of aryl methyl sites for hydroxylation is 1. The van der Waals surface area contributed by atoms with Gasteiger partial charge in [0.25, 0.3) is 5.91 Å². The van der Waals surface area contributed by atoms with Gasteiger partial charge in [0.1, 0.15) is 5.82 Å². The van der Waals surface area contributed by atoms with Gasteiger partial charge < -0.3 is 14.5 Å². The number of anilines is 1. The summed E-state index contributed by atoms with van der Waals surface area (Å²) in [7, 11) is 1.75. The summed E-state index contributed by atoms with van der Waals surface area (Å²) in [5.74, 6) is -0.415. The van der Waals surface area contributed by atoms with Crippen molar-refractivity contribution in [3.05, 3.63) is 70.7 Å². The molecule has 33 heavy (non-hydrogen) atoms. The first-order valence-corrected chi connectivity index (χ1v) is 11.0. The first kappa shape index (κ1) is 21.3. The molecule has 170 valence electrons. The van der Waals surface area contributed by atoms with Crippen molar-refractivity contribution in [2.75, 3.05) is 38.3 Å². The van der Waals surface area contributed by atoms with Gasteiger partial charge in [0.2, 0.25) is 0 Å². The number of pyridine rings is 1. The topological polar surface area (TPSA) is 66.0 Å². The quantitative estimate of drug-likeness (QED) is 0.613. The number of hydrogen-bond acceptors (Lipinski definition) is 4. The number of aromatic nitrogens is 1. The summed E-state index contributed by atoms with van der Waals surface area (Å²) in [6, 6.07) is 9.83. The lowest BCUT2D eigenvalue weighted by molar-refractivity contribution is 0.0551. The molecule has 2 aliphatic rings. The number of ether oxygens (including phenoxy) is 1. The van der Waals surface area contributed by atoms with Gasteiger partial charge in [-0.25, -0.2) is 9.18 Å². The fourth-order valence-corrected chi connectivity index (χ4v) is 4.77. The Kier molecular flexibility index (Phi) is 5.46. The summed E-state index contributed by atoms with van der Waals surface area (Å²) in [6.45, 7) is 4.72. The van der Waals surface area contributed by atoms with Gasteiger partial charge in [-0.15, -0.1) is 0 Å². The van der Waals surface area contributed by atoms with Gasteiger partial charge in [-0.3, -0.25) is 14.7 Å². The maximum Gasteiger partial charge on any atom is 0.324 e. The average molecular weight is 448 g/mol. The number of rotatable bonds is 3. The average Bonchev–Trinajstić information content (AvgIpc) is 3.16. The molecular weight excluding hydrogens is 423 g/mol. The van der Waals surface area contributed by atoms with E-state index in [2.05, 4.69) is 4.98 Å². The predicted molar refractivity (Wildman–Crippen MR) is 123 cm³/mol.